The Morgan fingerprint density at radius 2 is 1.89 bits per heavy atom. The summed E-state index contributed by atoms with van der Waals surface area (Å²) in [6.07, 6.45) is 0. The van der Waals surface area contributed by atoms with Gasteiger partial charge in [0, 0.05) is 22.8 Å². The second kappa shape index (κ2) is 5.71. The van der Waals surface area contributed by atoms with E-state index in [4.69, 9.17) is 17.3 Å². The van der Waals surface area contributed by atoms with Crippen LogP contribution in [0.5, 0.6) is 0 Å². The van der Waals surface area contributed by atoms with Crippen LogP contribution in [0.4, 0.5) is 10.1 Å². The average Bonchev–Trinajstić information content (AvgIpc) is 2.40. The number of halogens is 2. The number of hydrogen-bond acceptors (Lipinski definition) is 2. The van der Waals surface area contributed by atoms with Crippen LogP contribution in [0.25, 0.3) is 0 Å². The van der Waals surface area contributed by atoms with Crippen LogP contribution in [-0.4, -0.2) is 5.91 Å². The van der Waals surface area contributed by atoms with Crippen LogP contribution < -0.4 is 11.1 Å². The first-order chi connectivity index (χ1) is 9.06. The molecule has 2 aromatic rings. The van der Waals surface area contributed by atoms with Crippen LogP contribution in [0.3, 0.4) is 0 Å². The third-order valence-corrected chi connectivity index (χ3v) is 3.03. The van der Waals surface area contributed by atoms with Gasteiger partial charge in [-0.05, 0) is 48.0 Å². The van der Waals surface area contributed by atoms with Crippen molar-refractivity contribution in [1.29, 1.82) is 0 Å². The number of nitrogens with two attached hydrogens (primary N) is 1. The Bertz CT molecular complexity index is 599. The molecule has 0 aliphatic rings. The highest BCUT2D eigenvalue weighted by Gasteiger charge is 2.03. The van der Waals surface area contributed by atoms with Crippen LogP contribution >= 0.6 is 11.6 Å². The van der Waals surface area contributed by atoms with Crippen LogP contribution in [0.2, 0.25) is 5.02 Å². The summed E-state index contributed by atoms with van der Waals surface area (Å²) in [5.74, 6) is -0.801. The summed E-state index contributed by atoms with van der Waals surface area (Å²) in [7, 11) is 0. The van der Waals surface area contributed by atoms with Crippen LogP contribution in [0, 0.1) is 5.82 Å². The van der Waals surface area contributed by atoms with Crippen molar-refractivity contribution in [2.24, 2.45) is 5.73 Å². The summed E-state index contributed by atoms with van der Waals surface area (Å²) in [4.78, 5) is 10.9. The molecule has 2 aromatic carbocycles. The minimum Gasteiger partial charge on any atom is -0.381 e. The Hall–Kier alpha value is -2.07. The molecule has 98 valence electrons. The predicted molar refractivity (Wildman–Crippen MR) is 73.7 cm³/mol. The molecule has 0 bridgehead atoms. The fourth-order valence-corrected chi connectivity index (χ4v) is 1.81. The van der Waals surface area contributed by atoms with Crippen LogP contribution in [0.15, 0.2) is 42.5 Å². The second-order valence-electron chi connectivity index (χ2n) is 4.03. The number of nitrogens with one attached hydrogen (secondary N) is 1. The molecular weight excluding hydrogens is 267 g/mol. The van der Waals surface area contributed by atoms with Gasteiger partial charge in [-0.2, -0.15) is 0 Å². The SMILES string of the molecule is NC(=O)c1ccc(NCc2cc(F)ccc2Cl)cc1. The molecule has 3 N–H and O–H groups in total. The van der Waals surface area contributed by atoms with Crippen molar-refractivity contribution in [2.45, 2.75) is 6.54 Å². The molecule has 0 spiro atoms. The summed E-state index contributed by atoms with van der Waals surface area (Å²) in [5, 5.41) is 3.59. The first kappa shape index (κ1) is 13.4. The van der Waals surface area contributed by atoms with E-state index in [0.717, 1.165) is 5.69 Å². The van der Waals surface area contributed by atoms with Crippen LogP contribution in [0.1, 0.15) is 15.9 Å². The topological polar surface area (TPSA) is 55.1 Å². The van der Waals surface area contributed by atoms with Crippen molar-refractivity contribution in [3.63, 3.8) is 0 Å². The van der Waals surface area contributed by atoms with Gasteiger partial charge in [-0.25, -0.2) is 4.39 Å². The molecule has 3 nitrogen and oxygen atoms in total. The van der Waals surface area contributed by atoms with E-state index in [0.29, 0.717) is 22.7 Å². The molecule has 0 aromatic heterocycles. The summed E-state index contributed by atoms with van der Waals surface area (Å²) in [6.45, 7) is 0.395. The maximum atomic E-state index is 13.1. The number of benzene rings is 2. The zero-order chi connectivity index (χ0) is 13.8. The van der Waals surface area contributed by atoms with Gasteiger partial charge >= 0.3 is 0 Å². The zero-order valence-corrected chi connectivity index (χ0v) is 10.7. The minimum absolute atomic E-state index is 0.328. The molecule has 0 saturated carbocycles. The van der Waals surface area contributed by atoms with Gasteiger partial charge in [-0.1, -0.05) is 11.6 Å². The highest BCUT2D eigenvalue weighted by Crippen LogP contribution is 2.19. The van der Waals surface area contributed by atoms with E-state index in [1.165, 1.54) is 18.2 Å². The van der Waals surface area contributed by atoms with Gasteiger partial charge in [0.2, 0.25) is 5.91 Å². The van der Waals surface area contributed by atoms with Gasteiger partial charge in [0.15, 0.2) is 0 Å². The van der Waals surface area contributed by atoms with E-state index in [2.05, 4.69) is 5.32 Å². The Kier molecular flexibility index (Phi) is 4.02. The second-order valence-corrected chi connectivity index (χ2v) is 4.44. The molecule has 1 amide bonds. The first-order valence-corrected chi connectivity index (χ1v) is 6.02. The minimum atomic E-state index is -0.472. The van der Waals surface area contributed by atoms with Gasteiger partial charge in [-0.15, -0.1) is 0 Å². The van der Waals surface area contributed by atoms with E-state index in [-0.39, 0.29) is 5.82 Å². The van der Waals surface area contributed by atoms with Crippen molar-refractivity contribution in [3.05, 3.63) is 64.4 Å². The molecule has 0 heterocycles. The van der Waals surface area contributed by atoms with Gasteiger partial charge in [0.25, 0.3) is 0 Å². The van der Waals surface area contributed by atoms with E-state index in [9.17, 15) is 9.18 Å². The van der Waals surface area contributed by atoms with Gasteiger partial charge in [-0.3, -0.25) is 4.79 Å². The summed E-state index contributed by atoms with van der Waals surface area (Å²) < 4.78 is 13.1. The third-order valence-electron chi connectivity index (χ3n) is 2.66. The summed E-state index contributed by atoms with van der Waals surface area (Å²) in [6, 6.07) is 10.9. The van der Waals surface area contributed by atoms with Crippen molar-refractivity contribution >= 4 is 23.2 Å². The molecule has 19 heavy (non-hydrogen) atoms. The van der Waals surface area contributed by atoms with Crippen LogP contribution in [-0.2, 0) is 6.54 Å². The van der Waals surface area contributed by atoms with Gasteiger partial charge in [0.1, 0.15) is 5.82 Å². The number of rotatable bonds is 4. The van der Waals surface area contributed by atoms with E-state index in [1.807, 2.05) is 0 Å². The molecule has 5 heteroatoms. The molecule has 2 rings (SSSR count). The molecule has 0 saturated heterocycles. The summed E-state index contributed by atoms with van der Waals surface area (Å²) in [5.41, 5.74) is 7.05. The molecular formula is C14H12ClFN2O. The largest absolute Gasteiger partial charge is 0.381 e. The predicted octanol–water partition coefficient (Wildman–Crippen LogP) is 3.19. The van der Waals surface area contributed by atoms with E-state index >= 15 is 0 Å². The van der Waals surface area contributed by atoms with Crippen molar-refractivity contribution in [1.82, 2.24) is 0 Å². The number of amides is 1. The molecule has 0 fully saturated rings. The lowest BCUT2D eigenvalue weighted by molar-refractivity contribution is 0.100. The monoisotopic (exact) mass is 278 g/mol. The number of carbonyl (C=O) groups excluding carboxylic acids is 1. The Morgan fingerprint density at radius 3 is 2.53 bits per heavy atom. The molecule has 0 aliphatic heterocycles. The maximum absolute atomic E-state index is 13.1. The maximum Gasteiger partial charge on any atom is 0.248 e. The molecule has 0 radical (unpaired) electrons. The Balaban J connectivity index is 2.06. The lowest BCUT2D eigenvalue weighted by Gasteiger charge is -2.08. The van der Waals surface area contributed by atoms with Crippen molar-refractivity contribution in [2.75, 3.05) is 5.32 Å². The zero-order valence-electron chi connectivity index (χ0n) is 9.99. The van der Waals surface area contributed by atoms with E-state index < -0.39 is 5.91 Å². The Labute approximate surface area is 115 Å². The van der Waals surface area contributed by atoms with E-state index in [1.54, 1.807) is 24.3 Å². The quantitative estimate of drug-likeness (QED) is 0.902. The van der Waals surface area contributed by atoms with Crippen molar-refractivity contribution in [3.8, 4) is 0 Å². The van der Waals surface area contributed by atoms with Crippen molar-refractivity contribution < 1.29 is 9.18 Å². The molecule has 0 aliphatic carbocycles. The number of hydrogen-bond donors (Lipinski definition) is 2. The average molecular weight is 279 g/mol. The highest BCUT2D eigenvalue weighted by atomic mass is 35.5. The van der Waals surface area contributed by atoms with Gasteiger partial charge < -0.3 is 11.1 Å². The Morgan fingerprint density at radius 1 is 1.21 bits per heavy atom. The smallest absolute Gasteiger partial charge is 0.248 e. The fraction of sp³-hybridized carbons (Fsp3) is 0.0714. The molecule has 0 unspecified atom stereocenters. The first-order valence-electron chi connectivity index (χ1n) is 5.64. The third kappa shape index (κ3) is 3.45. The highest BCUT2D eigenvalue weighted by molar-refractivity contribution is 6.31. The fourth-order valence-electron chi connectivity index (χ4n) is 1.63. The lowest BCUT2D eigenvalue weighted by Crippen LogP contribution is -2.10. The standard InChI is InChI=1S/C14H12ClFN2O/c15-13-6-3-11(16)7-10(13)8-18-12-4-1-9(2-5-12)14(17)19/h1-7,18H,8H2,(H2,17,19). The summed E-state index contributed by atoms with van der Waals surface area (Å²) >= 11 is 5.96. The number of carbonyl (C=O) groups is 1. The van der Waals surface area contributed by atoms with Gasteiger partial charge in [0.05, 0.1) is 0 Å². The number of primary amides is 1. The molecule has 0 atom stereocenters. The lowest BCUT2D eigenvalue weighted by atomic mass is 10.2. The number of anilines is 1. The normalized spacial score (nSPS) is 10.2.